The average molecular weight is 456 g/mol. The lowest BCUT2D eigenvalue weighted by Gasteiger charge is -2.25. The Morgan fingerprint density at radius 2 is 2.00 bits per heavy atom. The molecule has 0 saturated carbocycles. The minimum atomic E-state index is -0.167. The third kappa shape index (κ3) is 3.51. The standard InChI is InChI=1S/C23H22ClN3O3S/c1-15(28)26-10-9-23(13-26)14-27(22-25-12-21(24)31-22)18-8-7-16(11-17(18)23)30-20-6-4-3-5-19(20)29-2/h3-8,11-12H,9-10,13-14H2,1-2H3. The molecule has 0 radical (unpaired) electrons. The number of hydrogen-bond acceptors (Lipinski definition) is 6. The summed E-state index contributed by atoms with van der Waals surface area (Å²) in [5, 5.41) is 0.864. The highest BCUT2D eigenvalue weighted by atomic mass is 35.5. The molecule has 1 saturated heterocycles. The predicted octanol–water partition coefficient (Wildman–Crippen LogP) is 5.24. The summed E-state index contributed by atoms with van der Waals surface area (Å²) in [6.07, 6.45) is 2.58. The van der Waals surface area contributed by atoms with Crippen LogP contribution >= 0.6 is 22.9 Å². The van der Waals surface area contributed by atoms with Gasteiger partial charge < -0.3 is 19.3 Å². The Hall–Kier alpha value is -2.77. The molecule has 1 atom stereocenters. The van der Waals surface area contributed by atoms with Crippen LogP contribution < -0.4 is 14.4 Å². The topological polar surface area (TPSA) is 54.9 Å². The first-order valence-electron chi connectivity index (χ1n) is 10.1. The summed E-state index contributed by atoms with van der Waals surface area (Å²) in [5.41, 5.74) is 2.10. The molecular weight excluding hydrogens is 434 g/mol. The van der Waals surface area contributed by atoms with Crippen molar-refractivity contribution >= 4 is 39.7 Å². The molecule has 0 aliphatic carbocycles. The minimum Gasteiger partial charge on any atom is -0.493 e. The molecule has 8 heteroatoms. The average Bonchev–Trinajstić information content (AvgIpc) is 3.47. The van der Waals surface area contributed by atoms with Gasteiger partial charge in [0.15, 0.2) is 16.6 Å². The van der Waals surface area contributed by atoms with Crippen LogP contribution in [0.25, 0.3) is 0 Å². The Labute approximate surface area is 190 Å². The van der Waals surface area contributed by atoms with E-state index in [1.165, 1.54) is 16.9 Å². The molecule has 5 rings (SSSR count). The van der Waals surface area contributed by atoms with Gasteiger partial charge in [-0.3, -0.25) is 4.79 Å². The maximum Gasteiger partial charge on any atom is 0.219 e. The molecule has 1 fully saturated rings. The zero-order valence-electron chi connectivity index (χ0n) is 17.3. The highest BCUT2D eigenvalue weighted by Crippen LogP contribution is 2.51. The van der Waals surface area contributed by atoms with E-state index >= 15 is 0 Å². The molecule has 31 heavy (non-hydrogen) atoms. The van der Waals surface area contributed by atoms with E-state index in [1.807, 2.05) is 35.2 Å². The van der Waals surface area contributed by atoms with Gasteiger partial charge in [0.25, 0.3) is 0 Å². The zero-order valence-corrected chi connectivity index (χ0v) is 18.9. The first kappa shape index (κ1) is 20.2. The van der Waals surface area contributed by atoms with Crippen LogP contribution in [0.1, 0.15) is 18.9 Å². The number of nitrogens with zero attached hydrogens (tertiary/aromatic N) is 3. The number of likely N-dealkylation sites (tertiary alicyclic amines) is 1. The first-order chi connectivity index (χ1) is 15.0. The van der Waals surface area contributed by atoms with Crippen LogP contribution in [0.4, 0.5) is 10.8 Å². The number of carbonyl (C=O) groups excluding carboxylic acids is 1. The second kappa shape index (κ2) is 7.73. The van der Waals surface area contributed by atoms with Crippen molar-refractivity contribution in [2.75, 3.05) is 31.6 Å². The largest absolute Gasteiger partial charge is 0.493 e. The molecular formula is C23H22ClN3O3S. The number of para-hydroxylation sites is 2. The number of aromatic nitrogens is 1. The van der Waals surface area contributed by atoms with Crippen LogP contribution in [0.5, 0.6) is 17.2 Å². The molecule has 160 valence electrons. The number of anilines is 2. The van der Waals surface area contributed by atoms with Crippen molar-refractivity contribution in [1.82, 2.24) is 9.88 Å². The number of methoxy groups -OCH3 is 1. The van der Waals surface area contributed by atoms with Crippen LogP contribution in [-0.4, -0.2) is 42.5 Å². The van der Waals surface area contributed by atoms with E-state index in [0.717, 1.165) is 36.1 Å². The number of fused-ring (bicyclic) bond motifs is 2. The van der Waals surface area contributed by atoms with E-state index in [1.54, 1.807) is 20.2 Å². The predicted molar refractivity (Wildman–Crippen MR) is 122 cm³/mol. The van der Waals surface area contributed by atoms with Crippen molar-refractivity contribution in [2.45, 2.75) is 18.8 Å². The Morgan fingerprint density at radius 3 is 2.68 bits per heavy atom. The number of amides is 1. The number of thiazole rings is 1. The van der Waals surface area contributed by atoms with Gasteiger partial charge in [-0.2, -0.15) is 0 Å². The maximum atomic E-state index is 12.1. The highest BCUT2D eigenvalue weighted by molar-refractivity contribution is 7.19. The zero-order chi connectivity index (χ0) is 21.6. The molecule has 3 aromatic rings. The molecule has 0 N–H and O–H groups in total. The van der Waals surface area contributed by atoms with E-state index in [4.69, 9.17) is 21.1 Å². The molecule has 2 aromatic carbocycles. The molecule has 1 aromatic heterocycles. The number of rotatable bonds is 4. The molecule has 0 bridgehead atoms. The third-order valence-corrected chi connectivity index (χ3v) is 7.22. The van der Waals surface area contributed by atoms with E-state index in [0.29, 0.717) is 22.4 Å². The van der Waals surface area contributed by atoms with Gasteiger partial charge in [-0.05, 0) is 42.3 Å². The second-order valence-electron chi connectivity index (χ2n) is 7.94. The fraction of sp³-hybridized carbons (Fsp3) is 0.304. The first-order valence-corrected chi connectivity index (χ1v) is 11.3. The lowest BCUT2D eigenvalue weighted by molar-refractivity contribution is -0.127. The van der Waals surface area contributed by atoms with Gasteiger partial charge in [-0.25, -0.2) is 4.98 Å². The summed E-state index contributed by atoms with van der Waals surface area (Å²) in [6.45, 7) is 3.82. The smallest absolute Gasteiger partial charge is 0.219 e. The van der Waals surface area contributed by atoms with Crippen LogP contribution in [0.15, 0.2) is 48.7 Å². The molecule has 1 unspecified atom stereocenters. The summed E-state index contributed by atoms with van der Waals surface area (Å²) in [6, 6.07) is 13.7. The monoisotopic (exact) mass is 455 g/mol. The van der Waals surface area contributed by atoms with Gasteiger partial charge in [0, 0.05) is 37.7 Å². The molecule has 2 aliphatic heterocycles. The van der Waals surface area contributed by atoms with Crippen molar-refractivity contribution in [3.8, 4) is 17.2 Å². The van der Waals surface area contributed by atoms with Crippen LogP contribution in [0.3, 0.4) is 0 Å². The van der Waals surface area contributed by atoms with Crippen LogP contribution in [-0.2, 0) is 10.2 Å². The van der Waals surface area contributed by atoms with Gasteiger partial charge >= 0.3 is 0 Å². The lowest BCUT2D eigenvalue weighted by Crippen LogP contribution is -2.36. The Bertz CT molecular complexity index is 1150. The second-order valence-corrected chi connectivity index (χ2v) is 9.58. The van der Waals surface area contributed by atoms with Crippen molar-refractivity contribution in [3.63, 3.8) is 0 Å². The summed E-state index contributed by atoms with van der Waals surface area (Å²) in [5.74, 6) is 2.19. The summed E-state index contributed by atoms with van der Waals surface area (Å²) in [7, 11) is 1.63. The Morgan fingerprint density at radius 1 is 1.19 bits per heavy atom. The third-order valence-electron chi connectivity index (χ3n) is 6.08. The number of benzene rings is 2. The molecule has 1 spiro atoms. The normalized spacial score (nSPS) is 19.7. The number of hydrogen-bond donors (Lipinski definition) is 0. The maximum absolute atomic E-state index is 12.1. The van der Waals surface area contributed by atoms with Crippen LogP contribution in [0.2, 0.25) is 4.34 Å². The van der Waals surface area contributed by atoms with Crippen molar-refractivity contribution in [1.29, 1.82) is 0 Å². The lowest BCUT2D eigenvalue weighted by atomic mass is 9.81. The summed E-state index contributed by atoms with van der Waals surface area (Å²) < 4.78 is 12.3. The van der Waals surface area contributed by atoms with Crippen LogP contribution in [0, 0.1) is 0 Å². The van der Waals surface area contributed by atoms with Crippen molar-refractivity contribution < 1.29 is 14.3 Å². The van der Waals surface area contributed by atoms with Crippen molar-refractivity contribution in [3.05, 3.63) is 58.6 Å². The van der Waals surface area contributed by atoms with Gasteiger partial charge in [0.05, 0.1) is 13.3 Å². The van der Waals surface area contributed by atoms with E-state index in [9.17, 15) is 4.79 Å². The number of halogens is 1. The fourth-order valence-electron chi connectivity index (χ4n) is 4.57. The van der Waals surface area contributed by atoms with Gasteiger partial charge in [-0.15, -0.1) is 0 Å². The molecule has 1 amide bonds. The van der Waals surface area contributed by atoms with Crippen molar-refractivity contribution in [2.24, 2.45) is 0 Å². The quantitative estimate of drug-likeness (QED) is 0.538. The Balaban J connectivity index is 1.55. The number of ether oxygens (including phenoxy) is 2. The Kier molecular flexibility index (Phi) is 5.02. The fourth-order valence-corrected chi connectivity index (χ4v) is 5.49. The van der Waals surface area contributed by atoms with Gasteiger partial charge in [0.2, 0.25) is 5.91 Å². The van der Waals surface area contributed by atoms with Gasteiger partial charge in [-0.1, -0.05) is 35.1 Å². The molecule has 2 aliphatic rings. The highest BCUT2D eigenvalue weighted by Gasteiger charge is 2.49. The van der Waals surface area contributed by atoms with E-state index < -0.39 is 0 Å². The van der Waals surface area contributed by atoms with Gasteiger partial charge in [0.1, 0.15) is 10.1 Å². The van der Waals surface area contributed by atoms with E-state index in [-0.39, 0.29) is 11.3 Å². The summed E-state index contributed by atoms with van der Waals surface area (Å²) in [4.78, 5) is 20.7. The molecule has 6 nitrogen and oxygen atoms in total. The SMILES string of the molecule is COc1ccccc1Oc1ccc2c(c1)C1(CCN(C(C)=O)C1)CN2c1ncc(Cl)s1. The molecule has 3 heterocycles. The number of carbonyl (C=O) groups is 1. The van der Waals surface area contributed by atoms with E-state index in [2.05, 4.69) is 22.0 Å². The minimum absolute atomic E-state index is 0.107. The summed E-state index contributed by atoms with van der Waals surface area (Å²) >= 11 is 7.63.